The van der Waals surface area contributed by atoms with Crippen molar-refractivity contribution in [3.8, 4) is 0 Å². The number of carboxylic acid groups (broad SMARTS) is 1. The number of hydrogen-bond donors (Lipinski definition) is 2. The summed E-state index contributed by atoms with van der Waals surface area (Å²) in [5.41, 5.74) is -0.934. The van der Waals surface area contributed by atoms with Gasteiger partial charge < -0.3 is 15.2 Å². The van der Waals surface area contributed by atoms with Crippen LogP contribution in [0.15, 0.2) is 24.3 Å². The normalized spacial score (nSPS) is 13.5. The second-order valence-electron chi connectivity index (χ2n) is 4.72. The zero-order chi connectivity index (χ0) is 15.9. The number of hydrogen-bond acceptors (Lipinski definition) is 3. The number of carboxylic acids is 1. The first-order chi connectivity index (χ1) is 9.96. The van der Waals surface area contributed by atoms with Gasteiger partial charge in [-0.3, -0.25) is 4.79 Å². The van der Waals surface area contributed by atoms with E-state index in [2.05, 4.69) is 5.32 Å². The summed E-state index contributed by atoms with van der Waals surface area (Å²) in [5.74, 6) is -1.40. The Bertz CT molecular complexity index is 489. The van der Waals surface area contributed by atoms with Gasteiger partial charge in [0.1, 0.15) is 0 Å². The molecule has 1 aromatic carbocycles. The van der Waals surface area contributed by atoms with E-state index in [1.807, 2.05) is 0 Å². The van der Waals surface area contributed by atoms with Crippen LogP contribution in [0.5, 0.6) is 0 Å². The van der Waals surface area contributed by atoms with Crippen LogP contribution in [0.2, 0.25) is 5.02 Å². The van der Waals surface area contributed by atoms with E-state index in [4.69, 9.17) is 16.3 Å². The lowest BCUT2D eigenvalue weighted by atomic mass is 9.87. The van der Waals surface area contributed by atoms with Gasteiger partial charge in [-0.2, -0.15) is 0 Å². The maximum Gasteiger partial charge on any atom is 0.334 e. The number of nitrogens with one attached hydrogen (secondary N) is 1. The highest BCUT2D eigenvalue weighted by atomic mass is 35.5. The highest BCUT2D eigenvalue weighted by molar-refractivity contribution is 6.30. The van der Waals surface area contributed by atoms with Crippen LogP contribution in [0.1, 0.15) is 31.7 Å². The van der Waals surface area contributed by atoms with Crippen molar-refractivity contribution in [2.75, 3.05) is 13.7 Å². The van der Waals surface area contributed by atoms with Gasteiger partial charge in [0, 0.05) is 25.2 Å². The molecule has 1 amide bonds. The zero-order valence-corrected chi connectivity index (χ0v) is 12.9. The fraction of sp³-hybridized carbons (Fsp3) is 0.467. The molecular weight excluding hydrogens is 294 g/mol. The minimum atomic E-state index is -1.44. The Morgan fingerprint density at radius 2 is 1.95 bits per heavy atom. The third-order valence-corrected chi connectivity index (χ3v) is 3.59. The Kier molecular flexibility index (Phi) is 6.65. The molecule has 1 atom stereocenters. The fourth-order valence-electron chi connectivity index (χ4n) is 2.10. The van der Waals surface area contributed by atoms with Gasteiger partial charge in [0.05, 0.1) is 0 Å². The average Bonchev–Trinajstić information content (AvgIpc) is 2.45. The molecule has 0 bridgehead atoms. The van der Waals surface area contributed by atoms with Crippen molar-refractivity contribution < 1.29 is 19.4 Å². The number of benzene rings is 1. The maximum absolute atomic E-state index is 12.0. The molecule has 0 saturated heterocycles. The summed E-state index contributed by atoms with van der Waals surface area (Å²) in [5, 5.41) is 12.7. The van der Waals surface area contributed by atoms with E-state index >= 15 is 0 Å². The monoisotopic (exact) mass is 313 g/mol. The van der Waals surface area contributed by atoms with E-state index in [0.29, 0.717) is 23.6 Å². The third-order valence-electron chi connectivity index (χ3n) is 3.34. The molecule has 0 spiro atoms. The number of ether oxygens (including phenoxy) is 1. The van der Waals surface area contributed by atoms with Crippen LogP contribution in [0, 0.1) is 0 Å². The van der Waals surface area contributed by atoms with Crippen LogP contribution in [0.3, 0.4) is 0 Å². The second-order valence-corrected chi connectivity index (χ2v) is 5.15. The first-order valence-corrected chi connectivity index (χ1v) is 7.13. The number of methoxy groups -OCH3 is 1. The molecule has 1 rings (SSSR count). The molecule has 0 radical (unpaired) electrons. The predicted molar refractivity (Wildman–Crippen MR) is 80.3 cm³/mol. The van der Waals surface area contributed by atoms with Crippen molar-refractivity contribution >= 4 is 23.5 Å². The number of rotatable bonds is 8. The van der Waals surface area contributed by atoms with E-state index in [1.165, 1.54) is 0 Å². The molecule has 0 aliphatic rings. The first-order valence-electron chi connectivity index (χ1n) is 6.75. The maximum atomic E-state index is 12.0. The summed E-state index contributed by atoms with van der Waals surface area (Å²) in [4.78, 5) is 23.7. The molecule has 6 heteroatoms. The van der Waals surface area contributed by atoms with Crippen LogP contribution in [0.4, 0.5) is 0 Å². The lowest BCUT2D eigenvalue weighted by Crippen LogP contribution is -2.51. The van der Waals surface area contributed by atoms with Gasteiger partial charge in [0.2, 0.25) is 5.91 Å². The van der Waals surface area contributed by atoms with Gasteiger partial charge in [0.25, 0.3) is 0 Å². The van der Waals surface area contributed by atoms with Crippen LogP contribution in [-0.2, 0) is 19.9 Å². The predicted octanol–water partition coefficient (Wildman–Crippen LogP) is 2.57. The molecule has 5 nitrogen and oxygen atoms in total. The number of aliphatic carboxylic acids is 1. The van der Waals surface area contributed by atoms with Crippen molar-refractivity contribution in [1.82, 2.24) is 5.32 Å². The Hall–Kier alpha value is -1.59. The summed E-state index contributed by atoms with van der Waals surface area (Å²) >= 11 is 5.83. The smallest absolute Gasteiger partial charge is 0.334 e. The van der Waals surface area contributed by atoms with Gasteiger partial charge in [0.15, 0.2) is 5.54 Å². The first kappa shape index (κ1) is 17.5. The minimum Gasteiger partial charge on any atom is -0.479 e. The van der Waals surface area contributed by atoms with E-state index in [0.717, 1.165) is 0 Å². The summed E-state index contributed by atoms with van der Waals surface area (Å²) in [7, 11) is 1.55. The Morgan fingerprint density at radius 1 is 1.33 bits per heavy atom. The van der Waals surface area contributed by atoms with Gasteiger partial charge >= 0.3 is 5.97 Å². The molecule has 0 heterocycles. The standard InChI is InChI=1S/C15H20ClNO4/c1-3-15(14(19)20,11-6-8-12(16)9-7-11)17-13(18)5-4-10-21-2/h6-9H,3-5,10H2,1-2H3,(H,17,18)(H,19,20). The molecule has 0 aliphatic carbocycles. The summed E-state index contributed by atoms with van der Waals surface area (Å²) < 4.78 is 4.88. The van der Waals surface area contributed by atoms with Crippen LogP contribution >= 0.6 is 11.6 Å². The highest BCUT2D eigenvalue weighted by Crippen LogP contribution is 2.27. The van der Waals surface area contributed by atoms with Crippen molar-refractivity contribution in [2.45, 2.75) is 31.7 Å². The van der Waals surface area contributed by atoms with Crippen molar-refractivity contribution in [2.24, 2.45) is 0 Å². The molecule has 2 N–H and O–H groups in total. The molecule has 0 fully saturated rings. The molecule has 0 aromatic heterocycles. The summed E-state index contributed by atoms with van der Waals surface area (Å²) in [6.07, 6.45) is 0.999. The Morgan fingerprint density at radius 3 is 2.43 bits per heavy atom. The van der Waals surface area contributed by atoms with Gasteiger partial charge in [-0.05, 0) is 30.5 Å². The van der Waals surface area contributed by atoms with Gasteiger partial charge in [-0.15, -0.1) is 0 Å². The zero-order valence-electron chi connectivity index (χ0n) is 12.2. The van der Waals surface area contributed by atoms with E-state index in [1.54, 1.807) is 38.3 Å². The fourth-order valence-corrected chi connectivity index (χ4v) is 2.23. The van der Waals surface area contributed by atoms with Gasteiger partial charge in [-0.25, -0.2) is 4.79 Å². The Balaban J connectivity index is 2.96. The lowest BCUT2D eigenvalue weighted by Gasteiger charge is -2.30. The lowest BCUT2D eigenvalue weighted by molar-refractivity contribution is -0.148. The molecule has 21 heavy (non-hydrogen) atoms. The Labute approximate surface area is 129 Å². The van der Waals surface area contributed by atoms with Crippen molar-refractivity contribution in [1.29, 1.82) is 0 Å². The molecular formula is C15H20ClNO4. The topological polar surface area (TPSA) is 75.6 Å². The molecule has 0 aliphatic heterocycles. The third kappa shape index (κ3) is 4.44. The van der Waals surface area contributed by atoms with E-state index < -0.39 is 11.5 Å². The SMILES string of the molecule is CCC(NC(=O)CCCOC)(C(=O)O)c1ccc(Cl)cc1. The molecule has 1 aromatic rings. The quantitative estimate of drug-likeness (QED) is 0.723. The molecule has 116 valence electrons. The summed E-state index contributed by atoms with van der Waals surface area (Å²) in [6.45, 7) is 2.18. The van der Waals surface area contributed by atoms with Crippen molar-refractivity contribution in [3.63, 3.8) is 0 Å². The number of carbonyl (C=O) groups excluding carboxylic acids is 1. The highest BCUT2D eigenvalue weighted by Gasteiger charge is 2.40. The average molecular weight is 314 g/mol. The second kappa shape index (κ2) is 8.00. The molecule has 0 saturated carbocycles. The molecule has 1 unspecified atom stereocenters. The largest absolute Gasteiger partial charge is 0.479 e. The summed E-state index contributed by atoms with van der Waals surface area (Å²) in [6, 6.07) is 6.47. The van der Waals surface area contributed by atoms with E-state index in [-0.39, 0.29) is 18.7 Å². The van der Waals surface area contributed by atoms with Crippen molar-refractivity contribution in [3.05, 3.63) is 34.9 Å². The number of amides is 1. The van der Waals surface area contributed by atoms with Crippen LogP contribution in [0.25, 0.3) is 0 Å². The van der Waals surface area contributed by atoms with Gasteiger partial charge in [-0.1, -0.05) is 30.7 Å². The number of halogens is 1. The van der Waals surface area contributed by atoms with E-state index in [9.17, 15) is 14.7 Å². The van der Waals surface area contributed by atoms with Crippen LogP contribution < -0.4 is 5.32 Å². The van der Waals surface area contributed by atoms with Crippen LogP contribution in [-0.4, -0.2) is 30.7 Å². The number of carbonyl (C=O) groups is 2. The minimum absolute atomic E-state index is 0.219.